The average molecular weight is 259 g/mol. The number of hydrogen-bond acceptors (Lipinski definition) is 4. The molecule has 1 spiro atoms. The van der Waals surface area contributed by atoms with Crippen molar-refractivity contribution in [2.75, 3.05) is 5.73 Å². The lowest BCUT2D eigenvalue weighted by Crippen LogP contribution is -2.28. The van der Waals surface area contributed by atoms with E-state index in [0.29, 0.717) is 5.41 Å². The number of anilines is 1. The highest BCUT2D eigenvalue weighted by Crippen LogP contribution is 2.59. The Bertz CT molecular complexity index is 566. The summed E-state index contributed by atoms with van der Waals surface area (Å²) in [5.41, 5.74) is 11.6. The van der Waals surface area contributed by atoms with Gasteiger partial charge in [0.05, 0.1) is 18.0 Å². The normalized spacial score (nSPS) is 27.9. The first-order valence-electron chi connectivity index (χ1n) is 6.59. The Kier molecular flexibility index (Phi) is 2.52. The van der Waals surface area contributed by atoms with Crippen molar-refractivity contribution in [1.29, 1.82) is 5.26 Å². The Morgan fingerprint density at radius 3 is 2.79 bits per heavy atom. The maximum Gasteiger partial charge on any atom is 0.254 e. The molecular weight excluding hydrogens is 242 g/mol. The van der Waals surface area contributed by atoms with Gasteiger partial charge in [-0.25, -0.2) is 0 Å². The van der Waals surface area contributed by atoms with Gasteiger partial charge in [0.1, 0.15) is 5.56 Å². The number of aromatic nitrogens is 2. The molecule has 1 aromatic rings. The number of nitriles is 1. The van der Waals surface area contributed by atoms with Gasteiger partial charge in [0, 0.05) is 6.20 Å². The van der Waals surface area contributed by atoms with Crippen molar-refractivity contribution < 1.29 is 4.79 Å². The third-order valence-corrected chi connectivity index (χ3v) is 4.58. The van der Waals surface area contributed by atoms with Crippen molar-refractivity contribution in [2.24, 2.45) is 17.1 Å². The molecule has 2 aliphatic carbocycles. The van der Waals surface area contributed by atoms with Gasteiger partial charge in [0.2, 0.25) is 0 Å². The number of nitrogen functional groups attached to an aromatic ring is 1. The summed E-state index contributed by atoms with van der Waals surface area (Å²) in [6.45, 7) is 0. The third kappa shape index (κ3) is 1.95. The molecule has 2 fully saturated rings. The van der Waals surface area contributed by atoms with Gasteiger partial charge in [-0.2, -0.15) is 10.4 Å². The fourth-order valence-corrected chi connectivity index (χ4v) is 3.20. The first kappa shape index (κ1) is 12.0. The zero-order chi connectivity index (χ0) is 13.6. The third-order valence-electron chi connectivity index (χ3n) is 4.58. The second-order valence-electron chi connectivity index (χ2n) is 5.82. The van der Waals surface area contributed by atoms with Crippen molar-refractivity contribution in [3.05, 3.63) is 11.8 Å². The van der Waals surface area contributed by atoms with Crippen LogP contribution in [0.3, 0.4) is 0 Å². The zero-order valence-electron chi connectivity index (χ0n) is 10.7. The molecule has 0 radical (unpaired) electrons. The van der Waals surface area contributed by atoms with Crippen LogP contribution in [0.4, 0.5) is 5.82 Å². The number of carbonyl (C=O) groups excluding carboxylic acids is 1. The van der Waals surface area contributed by atoms with Crippen molar-refractivity contribution in [3.8, 4) is 6.07 Å². The topological polar surface area (TPSA) is 111 Å². The minimum atomic E-state index is -0.577. The summed E-state index contributed by atoms with van der Waals surface area (Å²) in [5, 5.41) is 13.5. The molecule has 2 saturated carbocycles. The number of hydrogen-bond donors (Lipinski definition) is 2. The number of rotatable bonds is 2. The van der Waals surface area contributed by atoms with Crippen LogP contribution in [0.15, 0.2) is 6.20 Å². The Hall–Kier alpha value is -2.03. The van der Waals surface area contributed by atoms with E-state index in [-0.39, 0.29) is 23.3 Å². The maximum absolute atomic E-state index is 11.2. The van der Waals surface area contributed by atoms with Crippen LogP contribution in [0.25, 0.3) is 0 Å². The number of amides is 1. The maximum atomic E-state index is 11.2. The quantitative estimate of drug-likeness (QED) is 0.831. The summed E-state index contributed by atoms with van der Waals surface area (Å²) in [6, 6.07) is 2.39. The first-order valence-corrected chi connectivity index (χ1v) is 6.59. The predicted octanol–water partition coefficient (Wildman–Crippen LogP) is 1.21. The summed E-state index contributed by atoms with van der Waals surface area (Å²) in [6.07, 6.45) is 7.04. The Morgan fingerprint density at radius 2 is 2.26 bits per heavy atom. The van der Waals surface area contributed by atoms with Gasteiger partial charge in [-0.3, -0.25) is 9.48 Å². The van der Waals surface area contributed by atoms with Gasteiger partial charge in [-0.1, -0.05) is 0 Å². The summed E-state index contributed by atoms with van der Waals surface area (Å²) < 4.78 is 1.67. The largest absolute Gasteiger partial charge is 0.382 e. The molecule has 0 saturated heterocycles. The molecule has 3 rings (SSSR count). The van der Waals surface area contributed by atoms with E-state index < -0.39 is 5.91 Å². The highest BCUT2D eigenvalue weighted by atomic mass is 16.1. The van der Waals surface area contributed by atoms with Gasteiger partial charge in [-0.05, 0) is 37.5 Å². The highest BCUT2D eigenvalue weighted by molar-refractivity contribution is 5.96. The average Bonchev–Trinajstić information content (AvgIpc) is 3.00. The number of nitrogens with zero attached hydrogens (tertiary/aromatic N) is 3. The van der Waals surface area contributed by atoms with Crippen LogP contribution in [-0.2, 0) is 0 Å². The van der Waals surface area contributed by atoms with Gasteiger partial charge in [0.25, 0.3) is 5.91 Å². The van der Waals surface area contributed by atoms with E-state index in [9.17, 15) is 10.1 Å². The predicted molar refractivity (Wildman–Crippen MR) is 68.8 cm³/mol. The molecule has 2 aliphatic rings. The van der Waals surface area contributed by atoms with E-state index in [1.54, 1.807) is 10.9 Å². The van der Waals surface area contributed by atoms with E-state index in [1.165, 1.54) is 12.8 Å². The van der Waals surface area contributed by atoms with Crippen molar-refractivity contribution in [1.82, 2.24) is 9.78 Å². The van der Waals surface area contributed by atoms with Crippen LogP contribution in [0.1, 0.15) is 48.5 Å². The molecule has 0 aromatic carbocycles. The molecule has 1 aromatic heterocycles. The van der Waals surface area contributed by atoms with Crippen LogP contribution in [0.2, 0.25) is 0 Å². The molecule has 6 heteroatoms. The second-order valence-corrected chi connectivity index (χ2v) is 5.82. The number of primary amides is 1. The van der Waals surface area contributed by atoms with Gasteiger partial charge in [0.15, 0.2) is 5.82 Å². The standard InChI is InChI=1S/C13H17N5O/c14-6-8-5-13(3-4-13)2-1-10(8)18-7-9(12(16)19)11(15)17-18/h7-8,10H,1-5H2,(H2,15,17)(H2,16,19)/t8-,10+/m0/s1. The van der Waals surface area contributed by atoms with Gasteiger partial charge < -0.3 is 11.5 Å². The van der Waals surface area contributed by atoms with E-state index in [1.807, 2.05) is 0 Å². The van der Waals surface area contributed by atoms with E-state index >= 15 is 0 Å². The number of carbonyl (C=O) groups is 1. The zero-order valence-corrected chi connectivity index (χ0v) is 10.7. The molecule has 100 valence electrons. The minimum absolute atomic E-state index is 0.00613. The van der Waals surface area contributed by atoms with Gasteiger partial charge >= 0.3 is 0 Å². The molecule has 1 heterocycles. The van der Waals surface area contributed by atoms with E-state index in [0.717, 1.165) is 19.3 Å². The fraction of sp³-hybridized carbons (Fsp3) is 0.615. The van der Waals surface area contributed by atoms with Crippen molar-refractivity contribution in [3.63, 3.8) is 0 Å². The van der Waals surface area contributed by atoms with Crippen LogP contribution >= 0.6 is 0 Å². The molecule has 1 amide bonds. The lowest BCUT2D eigenvalue weighted by atomic mass is 9.76. The van der Waals surface area contributed by atoms with E-state index in [2.05, 4.69) is 11.2 Å². The SMILES string of the molecule is N#C[C@@H]1CC2(CC[C@H]1n1cc(C(N)=O)c(N)n1)CC2. The summed E-state index contributed by atoms with van der Waals surface area (Å²) in [4.78, 5) is 11.2. The molecule has 19 heavy (non-hydrogen) atoms. The Labute approximate surface area is 111 Å². The molecule has 4 N–H and O–H groups in total. The van der Waals surface area contributed by atoms with Crippen LogP contribution in [0.5, 0.6) is 0 Å². The molecule has 2 atom stereocenters. The van der Waals surface area contributed by atoms with Crippen LogP contribution in [0, 0.1) is 22.7 Å². The second kappa shape index (κ2) is 3.98. The molecule has 6 nitrogen and oxygen atoms in total. The van der Waals surface area contributed by atoms with Crippen LogP contribution < -0.4 is 11.5 Å². The Morgan fingerprint density at radius 1 is 1.53 bits per heavy atom. The summed E-state index contributed by atoms with van der Waals surface area (Å²) in [7, 11) is 0. The molecule has 0 aliphatic heterocycles. The van der Waals surface area contributed by atoms with Crippen molar-refractivity contribution >= 4 is 11.7 Å². The lowest BCUT2D eigenvalue weighted by molar-refractivity contribution is 0.100. The number of nitrogens with two attached hydrogens (primary N) is 2. The first-order chi connectivity index (χ1) is 9.04. The summed E-state index contributed by atoms with van der Waals surface area (Å²) >= 11 is 0. The summed E-state index contributed by atoms with van der Waals surface area (Å²) in [5.74, 6) is -0.487. The van der Waals surface area contributed by atoms with Crippen LogP contribution in [-0.4, -0.2) is 15.7 Å². The van der Waals surface area contributed by atoms with Crippen molar-refractivity contribution in [2.45, 2.75) is 38.1 Å². The van der Waals surface area contributed by atoms with Gasteiger partial charge in [-0.15, -0.1) is 0 Å². The highest BCUT2D eigenvalue weighted by Gasteiger charge is 2.49. The smallest absolute Gasteiger partial charge is 0.254 e. The minimum Gasteiger partial charge on any atom is -0.382 e. The molecule has 0 unspecified atom stereocenters. The monoisotopic (exact) mass is 259 g/mol. The molecule has 0 bridgehead atoms. The lowest BCUT2D eigenvalue weighted by Gasteiger charge is -2.32. The van der Waals surface area contributed by atoms with E-state index in [4.69, 9.17) is 11.5 Å². The fourth-order valence-electron chi connectivity index (χ4n) is 3.20. The molecular formula is C13H17N5O. The Balaban J connectivity index is 1.87.